The SMILES string of the molecule is COc1ccc(C(F)(F)F)c(-c2cc(N)no2)c1O. The maximum absolute atomic E-state index is 12.9. The normalized spacial score (nSPS) is 11.6. The average molecular weight is 274 g/mol. The highest BCUT2D eigenvalue weighted by atomic mass is 19.4. The van der Waals surface area contributed by atoms with Gasteiger partial charge >= 0.3 is 6.18 Å². The summed E-state index contributed by atoms with van der Waals surface area (Å²) < 4.78 is 48.2. The van der Waals surface area contributed by atoms with Gasteiger partial charge in [0.1, 0.15) is 0 Å². The van der Waals surface area contributed by atoms with Gasteiger partial charge in [-0.25, -0.2) is 0 Å². The first kappa shape index (κ1) is 13.1. The largest absolute Gasteiger partial charge is 0.504 e. The van der Waals surface area contributed by atoms with Crippen LogP contribution in [-0.4, -0.2) is 17.4 Å². The van der Waals surface area contributed by atoms with Crippen LogP contribution in [0.3, 0.4) is 0 Å². The van der Waals surface area contributed by atoms with Crippen LogP contribution in [0.4, 0.5) is 19.0 Å². The number of hydrogen-bond donors (Lipinski definition) is 2. The molecule has 1 aromatic carbocycles. The van der Waals surface area contributed by atoms with E-state index in [-0.39, 0.29) is 17.3 Å². The highest BCUT2D eigenvalue weighted by Gasteiger charge is 2.37. The predicted octanol–water partition coefficient (Wildman–Crippen LogP) is 2.66. The molecular formula is C11H9F3N2O3. The van der Waals surface area contributed by atoms with Gasteiger partial charge in [-0.2, -0.15) is 13.2 Å². The number of phenols is 1. The number of aromatic hydroxyl groups is 1. The maximum atomic E-state index is 12.9. The zero-order chi connectivity index (χ0) is 14.2. The molecule has 0 saturated heterocycles. The number of nitrogen functional groups attached to an aromatic ring is 1. The number of benzene rings is 1. The molecule has 1 aromatic heterocycles. The van der Waals surface area contributed by atoms with E-state index in [4.69, 9.17) is 10.5 Å². The van der Waals surface area contributed by atoms with Crippen LogP contribution >= 0.6 is 0 Å². The van der Waals surface area contributed by atoms with Crippen molar-refractivity contribution in [1.29, 1.82) is 0 Å². The number of halogens is 3. The molecule has 3 N–H and O–H groups in total. The molecule has 2 rings (SSSR count). The molecule has 1 heterocycles. The van der Waals surface area contributed by atoms with Gasteiger partial charge in [0.05, 0.1) is 18.2 Å². The van der Waals surface area contributed by atoms with Gasteiger partial charge < -0.3 is 20.1 Å². The summed E-state index contributed by atoms with van der Waals surface area (Å²) in [5.74, 6) is -1.18. The number of anilines is 1. The van der Waals surface area contributed by atoms with Crippen LogP contribution in [0.1, 0.15) is 5.56 Å². The van der Waals surface area contributed by atoms with Crippen molar-refractivity contribution in [3.8, 4) is 22.8 Å². The van der Waals surface area contributed by atoms with E-state index in [0.717, 1.165) is 18.2 Å². The Morgan fingerprint density at radius 2 is 2.05 bits per heavy atom. The quantitative estimate of drug-likeness (QED) is 0.879. The van der Waals surface area contributed by atoms with Gasteiger partial charge in [-0.15, -0.1) is 0 Å². The number of alkyl halides is 3. The first-order valence-corrected chi connectivity index (χ1v) is 5.04. The lowest BCUT2D eigenvalue weighted by Crippen LogP contribution is -2.07. The molecule has 0 atom stereocenters. The zero-order valence-corrected chi connectivity index (χ0v) is 9.65. The van der Waals surface area contributed by atoms with Gasteiger partial charge in [-0.05, 0) is 12.1 Å². The molecule has 0 unspecified atom stereocenters. The molecule has 102 valence electrons. The monoisotopic (exact) mass is 274 g/mol. The second-order valence-corrected chi connectivity index (χ2v) is 3.65. The van der Waals surface area contributed by atoms with Crippen LogP contribution in [0, 0.1) is 0 Å². The molecule has 5 nitrogen and oxygen atoms in total. The molecule has 0 fully saturated rings. The summed E-state index contributed by atoms with van der Waals surface area (Å²) in [7, 11) is 1.22. The minimum Gasteiger partial charge on any atom is -0.504 e. The van der Waals surface area contributed by atoms with Gasteiger partial charge in [-0.3, -0.25) is 0 Å². The number of nitrogens with zero attached hydrogens (tertiary/aromatic N) is 1. The van der Waals surface area contributed by atoms with Gasteiger partial charge in [0.2, 0.25) is 0 Å². The second-order valence-electron chi connectivity index (χ2n) is 3.65. The Bertz CT molecular complexity index is 608. The second kappa shape index (κ2) is 4.38. The van der Waals surface area contributed by atoms with Crippen LogP contribution in [0.25, 0.3) is 11.3 Å². The first-order valence-electron chi connectivity index (χ1n) is 5.04. The van der Waals surface area contributed by atoms with Crippen molar-refractivity contribution in [1.82, 2.24) is 5.16 Å². The van der Waals surface area contributed by atoms with Gasteiger partial charge in [0.25, 0.3) is 0 Å². The van der Waals surface area contributed by atoms with E-state index in [1.165, 1.54) is 7.11 Å². The highest BCUT2D eigenvalue weighted by Crippen LogP contribution is 2.46. The van der Waals surface area contributed by atoms with Gasteiger partial charge in [0, 0.05) is 6.07 Å². The summed E-state index contributed by atoms with van der Waals surface area (Å²) in [6.45, 7) is 0. The minimum absolute atomic E-state index is 0.0923. The summed E-state index contributed by atoms with van der Waals surface area (Å²) in [5.41, 5.74) is 3.67. The Morgan fingerprint density at radius 1 is 1.37 bits per heavy atom. The van der Waals surface area contributed by atoms with E-state index in [9.17, 15) is 18.3 Å². The predicted molar refractivity (Wildman–Crippen MR) is 59.6 cm³/mol. The number of phenolic OH excluding ortho intramolecular Hbond substituents is 1. The molecule has 0 aliphatic rings. The van der Waals surface area contributed by atoms with Crippen molar-refractivity contribution in [3.05, 3.63) is 23.8 Å². The number of nitrogens with two attached hydrogens (primary N) is 1. The molecule has 0 radical (unpaired) electrons. The van der Waals surface area contributed by atoms with E-state index in [1.54, 1.807) is 0 Å². The van der Waals surface area contributed by atoms with Crippen LogP contribution in [-0.2, 0) is 6.18 Å². The van der Waals surface area contributed by atoms with Crippen molar-refractivity contribution in [2.45, 2.75) is 6.18 Å². The smallest absolute Gasteiger partial charge is 0.417 e. The number of methoxy groups -OCH3 is 1. The third-order valence-electron chi connectivity index (χ3n) is 2.44. The molecule has 2 aromatic rings. The van der Waals surface area contributed by atoms with Crippen molar-refractivity contribution in [2.75, 3.05) is 12.8 Å². The Kier molecular flexibility index (Phi) is 3.01. The summed E-state index contributed by atoms with van der Waals surface area (Å²) in [5, 5.41) is 13.1. The fourth-order valence-corrected chi connectivity index (χ4v) is 1.63. The average Bonchev–Trinajstić information content (AvgIpc) is 2.73. The van der Waals surface area contributed by atoms with Gasteiger partial charge in [-0.1, -0.05) is 5.16 Å². The molecule has 0 bridgehead atoms. The van der Waals surface area contributed by atoms with E-state index >= 15 is 0 Å². The summed E-state index contributed by atoms with van der Waals surface area (Å²) in [6, 6.07) is 2.89. The number of aromatic nitrogens is 1. The molecule has 0 aliphatic heterocycles. The summed E-state index contributed by atoms with van der Waals surface area (Å²) >= 11 is 0. The van der Waals surface area contributed by atoms with Gasteiger partial charge in [0.15, 0.2) is 23.1 Å². The molecule has 8 heteroatoms. The molecule has 0 aliphatic carbocycles. The standard InChI is InChI=1S/C11H9F3N2O3/c1-18-6-3-2-5(11(12,13)14)9(10(6)17)7-4-8(15)16-19-7/h2-4,17H,1H3,(H2,15,16). The van der Waals surface area contributed by atoms with Crippen molar-refractivity contribution >= 4 is 5.82 Å². The highest BCUT2D eigenvalue weighted by molar-refractivity contribution is 5.75. The summed E-state index contributed by atoms with van der Waals surface area (Å²) in [6.07, 6.45) is -4.67. The number of ether oxygens (including phenoxy) is 1. The van der Waals surface area contributed by atoms with E-state index < -0.39 is 23.1 Å². The fourth-order valence-electron chi connectivity index (χ4n) is 1.63. The molecule has 0 spiro atoms. The molecule has 0 amide bonds. The van der Waals surface area contributed by atoms with Crippen LogP contribution in [0.5, 0.6) is 11.5 Å². The number of rotatable bonds is 2. The molecular weight excluding hydrogens is 265 g/mol. The number of hydrogen-bond acceptors (Lipinski definition) is 5. The first-order chi connectivity index (χ1) is 8.84. The van der Waals surface area contributed by atoms with Crippen molar-refractivity contribution in [3.63, 3.8) is 0 Å². The van der Waals surface area contributed by atoms with Crippen LogP contribution in [0.15, 0.2) is 22.7 Å². The third kappa shape index (κ3) is 2.28. The Hall–Kier alpha value is -2.38. The van der Waals surface area contributed by atoms with Crippen LogP contribution in [0.2, 0.25) is 0 Å². The Labute approximate surface area is 105 Å². The lowest BCUT2D eigenvalue weighted by atomic mass is 10.0. The topological polar surface area (TPSA) is 81.5 Å². The van der Waals surface area contributed by atoms with E-state index in [1.807, 2.05) is 0 Å². The lowest BCUT2D eigenvalue weighted by molar-refractivity contribution is -0.137. The van der Waals surface area contributed by atoms with E-state index in [0.29, 0.717) is 0 Å². The third-order valence-corrected chi connectivity index (χ3v) is 2.44. The zero-order valence-electron chi connectivity index (χ0n) is 9.65. The maximum Gasteiger partial charge on any atom is 0.417 e. The lowest BCUT2D eigenvalue weighted by Gasteiger charge is -2.14. The van der Waals surface area contributed by atoms with Crippen LogP contribution < -0.4 is 10.5 Å². The van der Waals surface area contributed by atoms with Crippen molar-refractivity contribution in [2.24, 2.45) is 0 Å². The Balaban J connectivity index is 2.74. The Morgan fingerprint density at radius 3 is 2.53 bits per heavy atom. The molecule has 19 heavy (non-hydrogen) atoms. The van der Waals surface area contributed by atoms with E-state index in [2.05, 4.69) is 9.68 Å². The summed E-state index contributed by atoms with van der Waals surface area (Å²) in [4.78, 5) is 0. The minimum atomic E-state index is -4.67. The fraction of sp³-hybridized carbons (Fsp3) is 0.182. The molecule has 0 saturated carbocycles. The van der Waals surface area contributed by atoms with Crippen molar-refractivity contribution < 1.29 is 27.5 Å².